The van der Waals surface area contributed by atoms with Crippen molar-refractivity contribution >= 4 is 21.6 Å². The summed E-state index contributed by atoms with van der Waals surface area (Å²) in [6, 6.07) is 5.29. The van der Waals surface area contributed by atoms with Gasteiger partial charge in [-0.05, 0) is 26.0 Å². The molecule has 1 N–H and O–H groups in total. The van der Waals surface area contributed by atoms with Crippen LogP contribution in [0, 0.1) is 13.8 Å². The lowest BCUT2D eigenvalue weighted by molar-refractivity contribution is 0.0977. The molecule has 0 aliphatic heterocycles. The standard InChI is InChI=1S/C14H15N5O3S/c1-9-13(10(2)18(3)16-9)23(21,22)17-14(20)11-8-19-7-5-4-6-12(19)15-11/h4-8H,1-3H3,(H,17,20). The van der Waals surface area contributed by atoms with Crippen molar-refractivity contribution in [1.29, 1.82) is 0 Å². The van der Waals surface area contributed by atoms with Gasteiger partial charge in [-0.25, -0.2) is 18.1 Å². The van der Waals surface area contributed by atoms with Crippen molar-refractivity contribution in [2.24, 2.45) is 7.05 Å². The van der Waals surface area contributed by atoms with Gasteiger partial charge >= 0.3 is 0 Å². The van der Waals surface area contributed by atoms with Gasteiger partial charge in [-0.15, -0.1) is 0 Å². The monoisotopic (exact) mass is 333 g/mol. The van der Waals surface area contributed by atoms with Gasteiger partial charge in [0, 0.05) is 19.4 Å². The third-order valence-corrected chi connectivity index (χ3v) is 5.12. The van der Waals surface area contributed by atoms with Gasteiger partial charge in [0.05, 0.1) is 11.4 Å². The molecule has 0 unspecified atom stereocenters. The van der Waals surface area contributed by atoms with E-state index in [4.69, 9.17) is 0 Å². The zero-order valence-electron chi connectivity index (χ0n) is 12.8. The number of nitrogens with one attached hydrogen (secondary N) is 1. The van der Waals surface area contributed by atoms with E-state index >= 15 is 0 Å². The molecule has 0 saturated heterocycles. The Morgan fingerprint density at radius 2 is 2.00 bits per heavy atom. The molecule has 8 nitrogen and oxygen atoms in total. The van der Waals surface area contributed by atoms with Gasteiger partial charge in [0.1, 0.15) is 16.2 Å². The third-order valence-electron chi connectivity index (χ3n) is 3.54. The Balaban J connectivity index is 1.95. The summed E-state index contributed by atoms with van der Waals surface area (Å²) >= 11 is 0. The Morgan fingerprint density at radius 3 is 2.61 bits per heavy atom. The third kappa shape index (κ3) is 2.59. The van der Waals surface area contributed by atoms with Crippen molar-refractivity contribution in [1.82, 2.24) is 23.9 Å². The number of aryl methyl sites for hydroxylation is 2. The summed E-state index contributed by atoms with van der Waals surface area (Å²) in [6.07, 6.45) is 3.20. The van der Waals surface area contributed by atoms with E-state index < -0.39 is 15.9 Å². The number of fused-ring (bicyclic) bond motifs is 1. The van der Waals surface area contributed by atoms with Crippen LogP contribution in [0.5, 0.6) is 0 Å². The molecule has 0 bridgehead atoms. The number of aromatic nitrogens is 4. The van der Waals surface area contributed by atoms with E-state index in [-0.39, 0.29) is 10.6 Å². The van der Waals surface area contributed by atoms with E-state index in [9.17, 15) is 13.2 Å². The fraction of sp³-hybridized carbons (Fsp3) is 0.214. The highest BCUT2D eigenvalue weighted by Gasteiger charge is 2.27. The summed E-state index contributed by atoms with van der Waals surface area (Å²) in [6.45, 7) is 3.21. The molecule has 0 spiro atoms. The first-order chi connectivity index (χ1) is 10.8. The molecule has 9 heteroatoms. The second-order valence-corrected chi connectivity index (χ2v) is 6.77. The van der Waals surface area contributed by atoms with Gasteiger partial charge in [0.2, 0.25) is 0 Å². The first-order valence-electron chi connectivity index (χ1n) is 6.80. The molecule has 23 heavy (non-hydrogen) atoms. The highest BCUT2D eigenvalue weighted by Crippen LogP contribution is 2.18. The van der Waals surface area contributed by atoms with Gasteiger partial charge in [0.15, 0.2) is 0 Å². The number of hydrogen-bond acceptors (Lipinski definition) is 5. The summed E-state index contributed by atoms with van der Waals surface area (Å²) in [5.74, 6) is -0.781. The molecule has 0 aliphatic rings. The van der Waals surface area contributed by atoms with Crippen LogP contribution in [0.3, 0.4) is 0 Å². The van der Waals surface area contributed by atoms with Gasteiger partial charge in [-0.3, -0.25) is 9.48 Å². The number of rotatable bonds is 3. The fourth-order valence-electron chi connectivity index (χ4n) is 2.41. The number of pyridine rings is 1. The van der Waals surface area contributed by atoms with E-state index in [1.807, 2.05) is 4.72 Å². The van der Waals surface area contributed by atoms with Crippen molar-refractivity contribution in [2.45, 2.75) is 18.7 Å². The Labute approximate surface area is 132 Å². The fourth-order valence-corrected chi connectivity index (χ4v) is 3.81. The molecule has 0 saturated carbocycles. The predicted octanol–water partition coefficient (Wildman–Crippen LogP) is 0.803. The Kier molecular flexibility index (Phi) is 3.44. The molecular weight excluding hydrogens is 318 g/mol. The second kappa shape index (κ2) is 5.20. The predicted molar refractivity (Wildman–Crippen MR) is 82.5 cm³/mol. The average molecular weight is 333 g/mol. The van der Waals surface area contributed by atoms with Gasteiger partial charge in [-0.1, -0.05) is 6.07 Å². The molecule has 3 aromatic rings. The van der Waals surface area contributed by atoms with Crippen LogP contribution in [0.15, 0.2) is 35.5 Å². The van der Waals surface area contributed by atoms with E-state index in [1.165, 1.54) is 10.9 Å². The summed E-state index contributed by atoms with van der Waals surface area (Å²) in [5.41, 5.74) is 1.38. The molecule has 0 aromatic carbocycles. The van der Waals surface area contributed by atoms with E-state index in [2.05, 4.69) is 10.1 Å². The highest BCUT2D eigenvalue weighted by molar-refractivity contribution is 7.90. The van der Waals surface area contributed by atoms with Gasteiger partial charge in [-0.2, -0.15) is 5.10 Å². The van der Waals surface area contributed by atoms with E-state index in [1.54, 1.807) is 49.7 Å². The maximum Gasteiger partial charge on any atom is 0.285 e. The largest absolute Gasteiger partial charge is 0.306 e. The minimum absolute atomic E-state index is 0.0112. The number of carbonyl (C=O) groups excluding carboxylic acids is 1. The summed E-state index contributed by atoms with van der Waals surface area (Å²) < 4.78 is 30.1. The quantitative estimate of drug-likeness (QED) is 0.764. The molecule has 1 amide bonds. The van der Waals surface area contributed by atoms with Crippen LogP contribution in [-0.2, 0) is 17.1 Å². The summed E-state index contributed by atoms with van der Waals surface area (Å²) in [7, 11) is -2.37. The maximum atomic E-state index is 12.5. The van der Waals surface area contributed by atoms with Crippen LogP contribution in [-0.4, -0.2) is 33.5 Å². The number of carbonyl (C=O) groups is 1. The lowest BCUT2D eigenvalue weighted by atomic mass is 10.4. The van der Waals surface area contributed by atoms with Crippen molar-refractivity contribution in [3.8, 4) is 0 Å². The van der Waals surface area contributed by atoms with Crippen LogP contribution in [0.1, 0.15) is 21.9 Å². The number of hydrogen-bond donors (Lipinski definition) is 1. The normalized spacial score (nSPS) is 11.8. The van der Waals surface area contributed by atoms with Crippen LogP contribution in [0.4, 0.5) is 0 Å². The molecule has 0 aliphatic carbocycles. The second-order valence-electron chi connectivity index (χ2n) is 5.15. The molecular formula is C14H15N5O3S. The Hall–Kier alpha value is -2.68. The topological polar surface area (TPSA) is 98.4 Å². The smallest absolute Gasteiger partial charge is 0.285 e. The minimum Gasteiger partial charge on any atom is -0.306 e. The Bertz CT molecular complexity index is 983. The highest BCUT2D eigenvalue weighted by atomic mass is 32.2. The number of amides is 1. The molecule has 3 aromatic heterocycles. The van der Waals surface area contributed by atoms with Crippen LogP contribution in [0.2, 0.25) is 0 Å². The Morgan fingerprint density at radius 1 is 1.26 bits per heavy atom. The van der Waals surface area contributed by atoms with E-state index in [0.717, 1.165) is 0 Å². The van der Waals surface area contributed by atoms with E-state index in [0.29, 0.717) is 17.0 Å². The number of nitrogens with zero attached hydrogens (tertiary/aromatic N) is 4. The van der Waals surface area contributed by atoms with Crippen LogP contribution >= 0.6 is 0 Å². The summed E-state index contributed by atoms with van der Waals surface area (Å²) in [5, 5.41) is 4.06. The molecule has 0 fully saturated rings. The van der Waals surface area contributed by atoms with Crippen molar-refractivity contribution < 1.29 is 13.2 Å². The first kappa shape index (κ1) is 15.2. The number of imidazole rings is 1. The molecule has 0 atom stereocenters. The van der Waals surface area contributed by atoms with Crippen LogP contribution in [0.25, 0.3) is 5.65 Å². The minimum atomic E-state index is -4.02. The van der Waals surface area contributed by atoms with Crippen molar-refractivity contribution in [3.63, 3.8) is 0 Å². The lowest BCUT2D eigenvalue weighted by Crippen LogP contribution is -2.31. The summed E-state index contributed by atoms with van der Waals surface area (Å²) in [4.78, 5) is 16.4. The number of sulfonamides is 1. The van der Waals surface area contributed by atoms with Crippen LogP contribution < -0.4 is 4.72 Å². The van der Waals surface area contributed by atoms with Crippen molar-refractivity contribution in [2.75, 3.05) is 0 Å². The molecule has 0 radical (unpaired) electrons. The zero-order valence-corrected chi connectivity index (χ0v) is 13.6. The maximum absolute atomic E-state index is 12.5. The average Bonchev–Trinajstić information content (AvgIpc) is 3.00. The van der Waals surface area contributed by atoms with Gasteiger partial charge in [0.25, 0.3) is 15.9 Å². The van der Waals surface area contributed by atoms with Crippen molar-refractivity contribution in [3.05, 3.63) is 47.7 Å². The lowest BCUT2D eigenvalue weighted by Gasteiger charge is -2.05. The van der Waals surface area contributed by atoms with Gasteiger partial charge < -0.3 is 4.40 Å². The molecule has 3 rings (SSSR count). The molecule has 3 heterocycles. The zero-order chi connectivity index (χ0) is 16.8. The first-order valence-corrected chi connectivity index (χ1v) is 8.29. The SMILES string of the molecule is Cc1nn(C)c(C)c1S(=O)(=O)NC(=O)c1cn2ccccc2n1. The molecule has 120 valence electrons.